The van der Waals surface area contributed by atoms with E-state index in [1.807, 2.05) is 23.1 Å². The number of nitrogens with one attached hydrogen (secondary N) is 1. The lowest BCUT2D eigenvalue weighted by Crippen LogP contribution is -2.18. The van der Waals surface area contributed by atoms with Crippen molar-refractivity contribution in [3.63, 3.8) is 0 Å². The van der Waals surface area contributed by atoms with Crippen LogP contribution in [-0.2, 0) is 17.8 Å². The molecule has 0 bridgehead atoms. The Kier molecular flexibility index (Phi) is 7.00. The number of hydrogen-bond donors (Lipinski definition) is 1. The molecule has 28 heavy (non-hydrogen) atoms. The van der Waals surface area contributed by atoms with Gasteiger partial charge in [-0.2, -0.15) is 4.99 Å². The number of rotatable bonds is 7. The summed E-state index contributed by atoms with van der Waals surface area (Å²) < 4.78 is 1.96. The molecular formula is C20H22N4O2S2. The van der Waals surface area contributed by atoms with Crippen LogP contribution in [0.5, 0.6) is 0 Å². The lowest BCUT2D eigenvalue weighted by Gasteiger charge is -2.04. The van der Waals surface area contributed by atoms with Gasteiger partial charge in [0.15, 0.2) is 9.96 Å². The largest absolute Gasteiger partial charge is 0.319 e. The molecule has 1 N–H and O–H groups in total. The molecule has 0 unspecified atom stereocenters. The van der Waals surface area contributed by atoms with Crippen molar-refractivity contribution in [2.24, 2.45) is 4.99 Å². The SMILES string of the molecule is CCCc1cc(=O)[nH]c(SCC(=O)N=c2sccn2Cc2ccc(C)cc2)n1. The molecule has 3 aromatic rings. The van der Waals surface area contributed by atoms with Gasteiger partial charge in [0.1, 0.15) is 0 Å². The number of nitrogens with zero attached hydrogens (tertiary/aromatic N) is 3. The Morgan fingerprint density at radius 3 is 2.86 bits per heavy atom. The molecule has 1 amide bonds. The van der Waals surface area contributed by atoms with Crippen LogP contribution >= 0.6 is 23.1 Å². The minimum atomic E-state index is -0.256. The molecule has 0 aliphatic carbocycles. The molecule has 0 radical (unpaired) electrons. The zero-order valence-electron chi connectivity index (χ0n) is 15.8. The first-order chi connectivity index (χ1) is 13.5. The Hall–Kier alpha value is -2.45. The van der Waals surface area contributed by atoms with Crippen LogP contribution in [0.3, 0.4) is 0 Å². The first kappa shape index (κ1) is 20.3. The fourth-order valence-corrected chi connectivity index (χ4v) is 4.03. The van der Waals surface area contributed by atoms with E-state index in [4.69, 9.17) is 0 Å². The van der Waals surface area contributed by atoms with E-state index in [0.29, 0.717) is 16.5 Å². The number of aromatic nitrogens is 3. The maximum atomic E-state index is 12.3. The number of carbonyl (C=O) groups is 1. The molecule has 2 aromatic heterocycles. The van der Waals surface area contributed by atoms with E-state index in [1.165, 1.54) is 34.7 Å². The van der Waals surface area contributed by atoms with Crippen molar-refractivity contribution in [1.82, 2.24) is 14.5 Å². The number of thioether (sulfide) groups is 1. The summed E-state index contributed by atoms with van der Waals surface area (Å²) in [5, 5.41) is 2.37. The van der Waals surface area contributed by atoms with Gasteiger partial charge in [0.2, 0.25) is 0 Å². The van der Waals surface area contributed by atoms with Crippen LogP contribution in [-0.4, -0.2) is 26.2 Å². The molecule has 0 aliphatic heterocycles. The van der Waals surface area contributed by atoms with Gasteiger partial charge in [0.05, 0.1) is 5.75 Å². The minimum Gasteiger partial charge on any atom is -0.319 e. The van der Waals surface area contributed by atoms with Gasteiger partial charge in [-0.3, -0.25) is 9.59 Å². The summed E-state index contributed by atoms with van der Waals surface area (Å²) in [7, 11) is 0. The standard InChI is InChI=1S/C20H22N4O2S2/c1-3-4-16-11-17(25)22-19(21-16)28-13-18(26)23-20-24(9-10-27-20)12-15-7-5-14(2)6-8-15/h5-11H,3-4,12-13H2,1-2H3,(H,21,22,25). The monoisotopic (exact) mass is 414 g/mol. The Labute approximate surface area is 171 Å². The van der Waals surface area contributed by atoms with Gasteiger partial charge in [-0.1, -0.05) is 54.9 Å². The fourth-order valence-electron chi connectivity index (χ4n) is 2.60. The predicted molar refractivity (Wildman–Crippen MR) is 113 cm³/mol. The smallest absolute Gasteiger partial charge is 0.258 e. The average Bonchev–Trinajstić information content (AvgIpc) is 3.08. The third kappa shape index (κ3) is 5.77. The Morgan fingerprint density at radius 2 is 2.11 bits per heavy atom. The zero-order chi connectivity index (χ0) is 19.9. The molecular weight excluding hydrogens is 392 g/mol. The highest BCUT2D eigenvalue weighted by atomic mass is 32.2. The lowest BCUT2D eigenvalue weighted by molar-refractivity contribution is -0.115. The van der Waals surface area contributed by atoms with E-state index in [9.17, 15) is 9.59 Å². The minimum absolute atomic E-state index is 0.126. The van der Waals surface area contributed by atoms with Crippen molar-refractivity contribution in [3.05, 3.63) is 73.9 Å². The van der Waals surface area contributed by atoms with Crippen molar-refractivity contribution in [2.45, 2.75) is 38.4 Å². The number of carbonyl (C=O) groups excluding carboxylic acids is 1. The van der Waals surface area contributed by atoms with Crippen molar-refractivity contribution in [1.29, 1.82) is 0 Å². The molecule has 1 aromatic carbocycles. The maximum absolute atomic E-state index is 12.3. The molecule has 3 rings (SSSR count). The van der Waals surface area contributed by atoms with E-state index < -0.39 is 0 Å². The molecule has 0 fully saturated rings. The Balaban J connectivity index is 1.68. The highest BCUT2D eigenvalue weighted by Crippen LogP contribution is 2.12. The number of thiazole rings is 1. The van der Waals surface area contributed by atoms with Crippen molar-refractivity contribution in [3.8, 4) is 0 Å². The summed E-state index contributed by atoms with van der Waals surface area (Å²) in [5.41, 5.74) is 2.92. The highest BCUT2D eigenvalue weighted by molar-refractivity contribution is 7.99. The molecule has 6 nitrogen and oxygen atoms in total. The van der Waals surface area contributed by atoms with Crippen LogP contribution in [0.1, 0.15) is 30.2 Å². The van der Waals surface area contributed by atoms with Gasteiger partial charge in [-0.05, 0) is 18.9 Å². The van der Waals surface area contributed by atoms with Crippen LogP contribution < -0.4 is 10.4 Å². The molecule has 2 heterocycles. The molecule has 0 saturated heterocycles. The van der Waals surface area contributed by atoms with Crippen molar-refractivity contribution in [2.75, 3.05) is 5.75 Å². The van der Waals surface area contributed by atoms with Gasteiger partial charge >= 0.3 is 0 Å². The average molecular weight is 415 g/mol. The molecule has 0 saturated carbocycles. The molecule has 146 valence electrons. The van der Waals surface area contributed by atoms with Gasteiger partial charge in [-0.15, -0.1) is 11.3 Å². The van der Waals surface area contributed by atoms with E-state index in [-0.39, 0.29) is 17.2 Å². The summed E-state index contributed by atoms with van der Waals surface area (Å²) in [6.45, 7) is 4.75. The van der Waals surface area contributed by atoms with Crippen LogP contribution in [0.2, 0.25) is 0 Å². The van der Waals surface area contributed by atoms with E-state index >= 15 is 0 Å². The Morgan fingerprint density at radius 1 is 1.32 bits per heavy atom. The zero-order valence-corrected chi connectivity index (χ0v) is 17.5. The van der Waals surface area contributed by atoms with Gasteiger partial charge in [0, 0.05) is 29.9 Å². The number of aryl methyl sites for hydroxylation is 2. The second-order valence-corrected chi connectivity index (χ2v) is 8.22. The summed E-state index contributed by atoms with van der Waals surface area (Å²) in [5.74, 6) is -0.130. The summed E-state index contributed by atoms with van der Waals surface area (Å²) >= 11 is 2.63. The van der Waals surface area contributed by atoms with E-state index in [2.05, 4.69) is 46.1 Å². The maximum Gasteiger partial charge on any atom is 0.258 e. The normalized spacial score (nSPS) is 11.7. The number of hydrogen-bond acceptors (Lipinski definition) is 5. The lowest BCUT2D eigenvalue weighted by atomic mass is 10.1. The molecule has 8 heteroatoms. The number of H-pyrrole nitrogens is 1. The first-order valence-electron chi connectivity index (χ1n) is 9.03. The summed E-state index contributed by atoms with van der Waals surface area (Å²) in [4.78, 5) is 36.0. The van der Waals surface area contributed by atoms with Crippen LogP contribution in [0, 0.1) is 6.92 Å². The van der Waals surface area contributed by atoms with E-state index in [1.54, 1.807) is 0 Å². The van der Waals surface area contributed by atoms with Crippen LogP contribution in [0.25, 0.3) is 0 Å². The molecule has 0 atom stereocenters. The van der Waals surface area contributed by atoms with Crippen molar-refractivity contribution >= 4 is 29.0 Å². The molecule has 0 spiro atoms. The summed E-state index contributed by atoms with van der Waals surface area (Å²) in [6, 6.07) is 9.79. The van der Waals surface area contributed by atoms with Crippen LogP contribution in [0.15, 0.2) is 56.9 Å². The molecule has 0 aliphatic rings. The topological polar surface area (TPSA) is 80.1 Å². The third-order valence-electron chi connectivity index (χ3n) is 3.97. The van der Waals surface area contributed by atoms with Gasteiger partial charge in [0.25, 0.3) is 11.5 Å². The second-order valence-electron chi connectivity index (χ2n) is 6.39. The van der Waals surface area contributed by atoms with Gasteiger partial charge < -0.3 is 9.55 Å². The Bertz CT molecular complexity index is 1060. The fraction of sp³-hybridized carbons (Fsp3) is 0.300. The third-order valence-corrected chi connectivity index (χ3v) is 5.62. The first-order valence-corrected chi connectivity index (χ1v) is 10.9. The summed E-state index contributed by atoms with van der Waals surface area (Å²) in [6.07, 6.45) is 3.58. The predicted octanol–water partition coefficient (Wildman–Crippen LogP) is 3.16. The van der Waals surface area contributed by atoms with Gasteiger partial charge in [-0.25, -0.2) is 4.98 Å². The van der Waals surface area contributed by atoms with Crippen molar-refractivity contribution < 1.29 is 4.79 Å². The number of amides is 1. The van der Waals surface area contributed by atoms with E-state index in [0.717, 1.165) is 24.1 Å². The second kappa shape index (κ2) is 9.66. The quantitative estimate of drug-likeness (QED) is 0.476. The number of benzene rings is 1. The van der Waals surface area contributed by atoms with Crippen LogP contribution in [0.4, 0.5) is 0 Å². The highest BCUT2D eigenvalue weighted by Gasteiger charge is 2.07. The number of aromatic amines is 1.